The molecule has 6 heteroatoms. The van der Waals surface area contributed by atoms with Gasteiger partial charge in [0.1, 0.15) is 24.0 Å². The van der Waals surface area contributed by atoms with Crippen molar-refractivity contribution < 1.29 is 4.74 Å². The molecule has 0 radical (unpaired) electrons. The van der Waals surface area contributed by atoms with Crippen molar-refractivity contribution in [2.24, 2.45) is 0 Å². The third-order valence-corrected chi connectivity index (χ3v) is 18.7. The summed E-state index contributed by atoms with van der Waals surface area (Å²) in [5, 5.41) is 1.30. The summed E-state index contributed by atoms with van der Waals surface area (Å²) in [6, 6.07) is 68.4. The predicted octanol–water partition coefficient (Wildman–Crippen LogP) is 20.5. The van der Waals surface area contributed by atoms with Crippen molar-refractivity contribution in [3.05, 3.63) is 244 Å². The lowest BCUT2D eigenvalue weighted by molar-refractivity contribution is 0.472. The Hall–Kier alpha value is -8.61. The van der Waals surface area contributed by atoms with Crippen LogP contribution >= 0.6 is 0 Å². The summed E-state index contributed by atoms with van der Waals surface area (Å²) >= 11 is 0. The lowest BCUT2D eigenvalue weighted by Crippen LogP contribution is -2.40. The van der Waals surface area contributed by atoms with Gasteiger partial charge < -0.3 is 19.4 Å². The number of benzene rings is 8. The Labute approximate surface area is 497 Å². The zero-order chi connectivity index (χ0) is 58.4. The predicted molar refractivity (Wildman–Crippen MR) is 353 cm³/mol. The summed E-state index contributed by atoms with van der Waals surface area (Å²) in [5.41, 5.74) is 24.0. The van der Waals surface area contributed by atoms with Gasteiger partial charge in [0, 0.05) is 64.9 Å². The van der Waals surface area contributed by atoms with Gasteiger partial charge in [-0.1, -0.05) is 192 Å². The standard InChI is InChI=1S/C78H77N5O/c1-74(2,3)51-37-38-79-70(44-51)83-68-36-24-31-62-71(68)72-63(78(62)60-29-17-19-32-64(60)80(13)65-33-20-18-30-61(65)78)46-57(47-69(72)83)84-56-28-23-27-55(45-56)81-48-82(67-35-22-21-34-66(67)81)73-58(49-25-15-14-16-26-49)42-54(77(10,11)12)43-59(73)50-39-52(75(4,5)6)41-53(40-50)76(7,8)9/h14-30,32-47,62H,31,48H2,1-13H3. The molecule has 1 spiro atoms. The molecule has 1 unspecified atom stereocenters. The van der Waals surface area contributed by atoms with Crippen molar-refractivity contribution in [1.82, 2.24) is 9.55 Å². The number of allylic oxidation sites excluding steroid dienone is 1. The van der Waals surface area contributed by atoms with E-state index in [9.17, 15) is 0 Å². The van der Waals surface area contributed by atoms with Crippen molar-refractivity contribution >= 4 is 51.1 Å². The van der Waals surface area contributed by atoms with Crippen molar-refractivity contribution in [2.75, 3.05) is 28.4 Å². The number of nitrogens with zero attached hydrogens (tertiary/aromatic N) is 5. The van der Waals surface area contributed by atoms with Crippen LogP contribution in [0.15, 0.2) is 194 Å². The minimum Gasteiger partial charge on any atom is -0.457 e. The highest BCUT2D eigenvalue weighted by Gasteiger charge is 2.56. The van der Waals surface area contributed by atoms with Crippen LogP contribution in [0.5, 0.6) is 11.5 Å². The summed E-state index contributed by atoms with van der Waals surface area (Å²) in [6.45, 7) is 28.5. The Kier molecular flexibility index (Phi) is 12.0. The van der Waals surface area contributed by atoms with Gasteiger partial charge in [0.2, 0.25) is 0 Å². The number of para-hydroxylation sites is 4. The summed E-state index contributed by atoms with van der Waals surface area (Å²) in [4.78, 5) is 12.6. The molecule has 6 nitrogen and oxygen atoms in total. The van der Waals surface area contributed by atoms with E-state index in [1.165, 1.54) is 94.9 Å². The highest BCUT2D eigenvalue weighted by molar-refractivity contribution is 6.03. The molecule has 8 aromatic carbocycles. The summed E-state index contributed by atoms with van der Waals surface area (Å²) in [6.07, 6.45) is 7.65. The monoisotopic (exact) mass is 1100 g/mol. The van der Waals surface area contributed by atoms with Crippen LogP contribution in [-0.4, -0.2) is 23.3 Å². The van der Waals surface area contributed by atoms with Crippen LogP contribution in [0.25, 0.3) is 45.1 Å². The molecule has 2 aliphatic heterocycles. The Morgan fingerprint density at radius 3 is 1.69 bits per heavy atom. The molecule has 14 rings (SSSR count). The molecule has 0 bridgehead atoms. The molecule has 0 saturated heterocycles. The van der Waals surface area contributed by atoms with Crippen LogP contribution < -0.4 is 19.4 Å². The number of ether oxygens (including phenoxy) is 1. The maximum absolute atomic E-state index is 7.42. The second-order valence-corrected chi connectivity index (χ2v) is 28.2. The number of rotatable bonds is 7. The van der Waals surface area contributed by atoms with E-state index in [1.54, 1.807) is 0 Å². The molecule has 420 valence electrons. The van der Waals surface area contributed by atoms with E-state index in [-0.39, 0.29) is 27.6 Å². The van der Waals surface area contributed by atoms with Gasteiger partial charge in [-0.3, -0.25) is 4.57 Å². The molecule has 10 aromatic rings. The highest BCUT2D eigenvalue weighted by atomic mass is 16.5. The highest BCUT2D eigenvalue weighted by Crippen LogP contribution is 2.67. The largest absolute Gasteiger partial charge is 0.457 e. The second-order valence-electron chi connectivity index (χ2n) is 28.2. The van der Waals surface area contributed by atoms with Gasteiger partial charge in [-0.05, 0) is 157 Å². The van der Waals surface area contributed by atoms with Crippen molar-refractivity contribution in [3.63, 3.8) is 0 Å². The molecule has 0 fully saturated rings. The fraction of sp³-hybridized carbons (Fsp3) is 0.269. The van der Waals surface area contributed by atoms with E-state index in [4.69, 9.17) is 9.72 Å². The van der Waals surface area contributed by atoms with Crippen LogP contribution in [0, 0.1) is 0 Å². The van der Waals surface area contributed by atoms with E-state index < -0.39 is 5.41 Å². The fourth-order valence-corrected chi connectivity index (χ4v) is 14.3. The number of hydrogen-bond acceptors (Lipinski definition) is 5. The second kappa shape index (κ2) is 19.0. The molecule has 2 aliphatic carbocycles. The maximum Gasteiger partial charge on any atom is 0.137 e. The Bertz CT molecular complexity index is 4240. The van der Waals surface area contributed by atoms with E-state index in [0.29, 0.717) is 6.67 Å². The molecule has 4 aliphatic rings. The molecule has 0 saturated carbocycles. The molecule has 1 atom stereocenters. The van der Waals surface area contributed by atoms with E-state index in [1.807, 2.05) is 6.20 Å². The first-order valence-corrected chi connectivity index (χ1v) is 30.2. The third kappa shape index (κ3) is 8.37. The number of hydrogen-bond donors (Lipinski definition) is 0. The van der Waals surface area contributed by atoms with Crippen LogP contribution in [0.4, 0.5) is 34.1 Å². The average molecular weight is 1100 g/mol. The molecule has 0 amide bonds. The van der Waals surface area contributed by atoms with Gasteiger partial charge in [0.15, 0.2) is 0 Å². The minimum absolute atomic E-state index is 0.0573. The zero-order valence-corrected chi connectivity index (χ0v) is 51.2. The van der Waals surface area contributed by atoms with E-state index >= 15 is 0 Å². The Morgan fingerprint density at radius 1 is 0.488 bits per heavy atom. The Morgan fingerprint density at radius 2 is 1.06 bits per heavy atom. The lowest BCUT2D eigenvalue weighted by Gasteiger charge is -2.47. The van der Waals surface area contributed by atoms with E-state index in [0.717, 1.165) is 46.3 Å². The van der Waals surface area contributed by atoms with Crippen LogP contribution in [0.1, 0.15) is 146 Å². The Balaban J connectivity index is 0.937. The average Bonchev–Trinajstić information content (AvgIpc) is 1.48. The van der Waals surface area contributed by atoms with Crippen molar-refractivity contribution in [1.29, 1.82) is 0 Å². The minimum atomic E-state index is -0.475. The summed E-state index contributed by atoms with van der Waals surface area (Å²) in [7, 11) is 2.22. The number of anilines is 6. The number of aromatic nitrogens is 2. The fourth-order valence-electron chi connectivity index (χ4n) is 14.3. The van der Waals surface area contributed by atoms with Gasteiger partial charge >= 0.3 is 0 Å². The van der Waals surface area contributed by atoms with Gasteiger partial charge in [0.05, 0.1) is 33.7 Å². The maximum atomic E-state index is 7.42. The van der Waals surface area contributed by atoms with Crippen LogP contribution in [-0.2, 0) is 27.1 Å². The molecule has 4 heterocycles. The number of pyridine rings is 1. The van der Waals surface area contributed by atoms with Crippen molar-refractivity contribution in [2.45, 2.75) is 122 Å². The first-order chi connectivity index (χ1) is 40.1. The first kappa shape index (κ1) is 53.4. The van der Waals surface area contributed by atoms with Gasteiger partial charge in [-0.15, -0.1) is 0 Å². The van der Waals surface area contributed by atoms with Gasteiger partial charge in [-0.25, -0.2) is 4.98 Å². The molecular formula is C78H77N5O. The van der Waals surface area contributed by atoms with Gasteiger partial charge in [0.25, 0.3) is 0 Å². The molecule has 2 aromatic heterocycles. The topological polar surface area (TPSA) is 36.8 Å². The number of fused-ring (bicyclic) bond motifs is 7. The van der Waals surface area contributed by atoms with Crippen molar-refractivity contribution in [3.8, 4) is 39.6 Å². The third-order valence-electron chi connectivity index (χ3n) is 18.7. The molecule has 0 N–H and O–H groups in total. The summed E-state index contributed by atoms with van der Waals surface area (Å²) in [5.74, 6) is 2.63. The molecular weight excluding hydrogens is 1020 g/mol. The SMILES string of the molecule is CN1c2ccccc2C2(c3ccccc31)c1cc(Oc3cccc(N4CN(c5c(-c6ccccc6)cc(C(C)(C)C)cc5-c5cc(C(C)(C)C)cc(C(C)(C)C)c5)c5ccccc54)c3)cc3c1c1c(n3-c3cc(C(C)(C)C)ccn3)C=CCC12. The molecule has 84 heavy (non-hydrogen) atoms. The first-order valence-electron chi connectivity index (χ1n) is 30.2. The summed E-state index contributed by atoms with van der Waals surface area (Å²) < 4.78 is 9.84. The van der Waals surface area contributed by atoms with E-state index in [2.05, 4.69) is 304 Å². The smallest absolute Gasteiger partial charge is 0.137 e. The zero-order valence-electron chi connectivity index (χ0n) is 51.2. The normalized spacial score (nSPS) is 15.9. The quantitative estimate of drug-likeness (QED) is 0.159. The van der Waals surface area contributed by atoms with Crippen LogP contribution in [0.2, 0.25) is 0 Å². The van der Waals surface area contributed by atoms with Gasteiger partial charge in [-0.2, -0.15) is 0 Å². The lowest BCUT2D eigenvalue weighted by atomic mass is 9.60. The van der Waals surface area contributed by atoms with Crippen LogP contribution in [0.3, 0.4) is 0 Å².